The molecule has 2 nitrogen and oxygen atoms in total. The van der Waals surface area contributed by atoms with Gasteiger partial charge in [-0.25, -0.2) is 0 Å². The lowest BCUT2D eigenvalue weighted by Crippen LogP contribution is -2.30. The normalized spacial score (nSPS) is 12.7. The molecule has 232 valence electrons. The van der Waals surface area contributed by atoms with Gasteiger partial charge in [0.15, 0.2) is 0 Å². The maximum absolute atomic E-state index is 2.49. The maximum Gasteiger partial charge on any atom is 0.0555 e. The molecule has 10 rings (SSSR count). The van der Waals surface area contributed by atoms with Crippen molar-refractivity contribution in [1.82, 2.24) is 4.57 Å². The Balaban J connectivity index is 1.16. The third-order valence-corrected chi connectivity index (χ3v) is 11.1. The van der Waals surface area contributed by atoms with Gasteiger partial charge >= 0.3 is 0 Å². The zero-order valence-electron chi connectivity index (χ0n) is 26.9. The quantitative estimate of drug-likeness (QED) is 0.181. The fourth-order valence-electron chi connectivity index (χ4n) is 7.68. The van der Waals surface area contributed by atoms with Crippen molar-refractivity contribution in [3.8, 4) is 16.8 Å². The summed E-state index contributed by atoms with van der Waals surface area (Å²) in [5.74, 6) is 0. The van der Waals surface area contributed by atoms with Crippen LogP contribution in [0.4, 0.5) is 17.1 Å². The molecular formula is C46H32N2S. The summed E-state index contributed by atoms with van der Waals surface area (Å²) in [5, 5.41) is 9.18. The third-order valence-electron chi connectivity index (χ3n) is 9.94. The Bertz CT molecular complexity index is 2840. The van der Waals surface area contributed by atoms with Gasteiger partial charge in [0.25, 0.3) is 0 Å². The van der Waals surface area contributed by atoms with Crippen LogP contribution < -0.4 is 15.5 Å². The van der Waals surface area contributed by atoms with Crippen LogP contribution in [0, 0.1) is 0 Å². The van der Waals surface area contributed by atoms with Crippen LogP contribution >= 0.6 is 11.3 Å². The van der Waals surface area contributed by atoms with Gasteiger partial charge in [-0.05, 0) is 101 Å². The summed E-state index contributed by atoms with van der Waals surface area (Å²) < 4.78 is 5.16. The SMILES string of the molecule is C1=c2c(n(-c3cccc(N(c4ccccc4)c4cccc(-c5ccc6ccccc6c5)c4)c3)c3cc4sc5ccccc5c4cc23)=CCC1. The van der Waals surface area contributed by atoms with E-state index < -0.39 is 0 Å². The molecule has 7 aromatic carbocycles. The predicted octanol–water partition coefficient (Wildman–Crippen LogP) is 11.6. The van der Waals surface area contributed by atoms with Gasteiger partial charge in [0.05, 0.1) is 5.52 Å². The Morgan fingerprint density at radius 1 is 0.469 bits per heavy atom. The molecule has 0 unspecified atom stereocenters. The topological polar surface area (TPSA) is 8.17 Å². The number of aromatic nitrogens is 1. The van der Waals surface area contributed by atoms with Gasteiger partial charge in [-0.15, -0.1) is 11.3 Å². The van der Waals surface area contributed by atoms with Crippen molar-refractivity contribution in [2.75, 3.05) is 4.90 Å². The van der Waals surface area contributed by atoms with Crippen LogP contribution in [0.2, 0.25) is 0 Å². The highest BCUT2D eigenvalue weighted by atomic mass is 32.1. The molecule has 1 aliphatic carbocycles. The molecule has 0 bridgehead atoms. The van der Waals surface area contributed by atoms with Crippen molar-refractivity contribution < 1.29 is 0 Å². The fourth-order valence-corrected chi connectivity index (χ4v) is 8.80. The van der Waals surface area contributed by atoms with E-state index in [4.69, 9.17) is 0 Å². The van der Waals surface area contributed by atoms with E-state index in [2.05, 4.69) is 179 Å². The first-order valence-electron chi connectivity index (χ1n) is 17.0. The molecule has 0 saturated heterocycles. The smallest absolute Gasteiger partial charge is 0.0555 e. The Morgan fingerprint density at radius 3 is 2.12 bits per heavy atom. The number of fused-ring (bicyclic) bond motifs is 7. The zero-order valence-corrected chi connectivity index (χ0v) is 27.7. The maximum atomic E-state index is 2.49. The average Bonchev–Trinajstić information content (AvgIpc) is 3.69. The zero-order chi connectivity index (χ0) is 32.3. The van der Waals surface area contributed by atoms with Crippen LogP contribution in [-0.2, 0) is 0 Å². The molecule has 0 aliphatic heterocycles. The molecule has 0 amide bonds. The molecule has 0 radical (unpaired) electrons. The molecule has 49 heavy (non-hydrogen) atoms. The number of hydrogen-bond acceptors (Lipinski definition) is 2. The second kappa shape index (κ2) is 11.4. The van der Waals surface area contributed by atoms with Gasteiger partial charge in [-0.1, -0.05) is 103 Å². The largest absolute Gasteiger partial charge is 0.310 e. The summed E-state index contributed by atoms with van der Waals surface area (Å²) in [6.07, 6.45) is 6.99. The number of thiophene rings is 1. The van der Waals surface area contributed by atoms with Crippen LogP contribution in [-0.4, -0.2) is 4.57 Å². The van der Waals surface area contributed by atoms with E-state index >= 15 is 0 Å². The van der Waals surface area contributed by atoms with Crippen LogP contribution in [0.3, 0.4) is 0 Å². The molecule has 0 atom stereocenters. The highest BCUT2D eigenvalue weighted by molar-refractivity contribution is 7.25. The first-order valence-corrected chi connectivity index (χ1v) is 17.8. The lowest BCUT2D eigenvalue weighted by Gasteiger charge is -2.26. The van der Waals surface area contributed by atoms with Crippen molar-refractivity contribution in [2.45, 2.75) is 12.8 Å². The fraction of sp³-hybridized carbons (Fsp3) is 0.0435. The van der Waals surface area contributed by atoms with Gasteiger partial charge in [0.1, 0.15) is 0 Å². The summed E-state index contributed by atoms with van der Waals surface area (Å²) in [7, 11) is 0. The van der Waals surface area contributed by atoms with Gasteiger partial charge in [-0.3, -0.25) is 0 Å². The highest BCUT2D eigenvalue weighted by Gasteiger charge is 2.18. The van der Waals surface area contributed by atoms with E-state index in [9.17, 15) is 0 Å². The van der Waals surface area contributed by atoms with Gasteiger partial charge < -0.3 is 9.47 Å². The number of rotatable bonds is 5. The Morgan fingerprint density at radius 2 is 1.20 bits per heavy atom. The second-order valence-corrected chi connectivity index (χ2v) is 14.0. The molecule has 9 aromatic rings. The van der Waals surface area contributed by atoms with E-state index in [-0.39, 0.29) is 0 Å². The molecule has 1 aliphatic rings. The number of hydrogen-bond donors (Lipinski definition) is 0. The monoisotopic (exact) mass is 644 g/mol. The minimum atomic E-state index is 1.05. The van der Waals surface area contributed by atoms with Crippen molar-refractivity contribution >= 4 is 82.4 Å². The van der Waals surface area contributed by atoms with E-state index in [0.29, 0.717) is 0 Å². The Hall–Kier alpha value is -5.90. The van der Waals surface area contributed by atoms with Crippen molar-refractivity contribution in [2.24, 2.45) is 0 Å². The minimum Gasteiger partial charge on any atom is -0.310 e. The van der Waals surface area contributed by atoms with Crippen LogP contribution in [0.25, 0.3) is 70.8 Å². The van der Waals surface area contributed by atoms with Gasteiger partial charge in [-0.2, -0.15) is 0 Å². The molecular weight excluding hydrogens is 613 g/mol. The third kappa shape index (κ3) is 4.69. The summed E-state index contributed by atoms with van der Waals surface area (Å²) >= 11 is 1.89. The van der Waals surface area contributed by atoms with E-state index in [1.807, 2.05) is 11.3 Å². The lowest BCUT2D eigenvalue weighted by molar-refractivity contribution is 1.02. The molecule has 0 saturated carbocycles. The van der Waals surface area contributed by atoms with Crippen LogP contribution in [0.5, 0.6) is 0 Å². The molecule has 3 heteroatoms. The first kappa shape index (κ1) is 28.1. The summed E-state index contributed by atoms with van der Waals surface area (Å²) in [5.41, 5.74) is 8.22. The molecule has 0 spiro atoms. The molecule has 0 N–H and O–H groups in total. The lowest BCUT2D eigenvalue weighted by atomic mass is 10.0. The summed E-state index contributed by atoms with van der Waals surface area (Å²) in [6.45, 7) is 0. The van der Waals surface area contributed by atoms with Crippen molar-refractivity contribution in [3.05, 3.63) is 168 Å². The summed E-state index contributed by atoms with van der Waals surface area (Å²) in [4.78, 5) is 2.38. The minimum absolute atomic E-state index is 1.05. The highest BCUT2D eigenvalue weighted by Crippen LogP contribution is 2.39. The van der Waals surface area contributed by atoms with E-state index in [1.165, 1.54) is 69.2 Å². The van der Waals surface area contributed by atoms with Crippen LogP contribution in [0.15, 0.2) is 158 Å². The standard InChI is InChI=1S/C46H32N2S/c1-2-15-35(16-3-1)47(36-17-10-14-33(27-36)34-25-24-31-12-4-5-13-32(31)26-34)37-18-11-19-38(28-37)48-43-22-8-6-20-39(43)41-29-42-40-21-7-9-23-45(40)49-46(42)30-44(41)48/h1-5,7,9-30H,6,8H2. The average molecular weight is 645 g/mol. The summed E-state index contributed by atoms with van der Waals surface area (Å²) in [6, 6.07) is 57.7. The van der Waals surface area contributed by atoms with E-state index in [0.717, 1.165) is 29.9 Å². The van der Waals surface area contributed by atoms with Crippen molar-refractivity contribution in [3.63, 3.8) is 0 Å². The van der Waals surface area contributed by atoms with E-state index in [1.54, 1.807) is 0 Å². The van der Waals surface area contributed by atoms with Crippen molar-refractivity contribution in [1.29, 1.82) is 0 Å². The van der Waals surface area contributed by atoms with Gasteiger partial charge in [0, 0.05) is 58.9 Å². The van der Waals surface area contributed by atoms with Crippen LogP contribution in [0.1, 0.15) is 12.8 Å². The molecule has 2 heterocycles. The molecule has 2 aromatic heterocycles. The number of para-hydroxylation sites is 1. The Kier molecular flexibility index (Phi) is 6.53. The van der Waals surface area contributed by atoms with Gasteiger partial charge in [0.2, 0.25) is 0 Å². The number of anilines is 3. The molecule has 0 fully saturated rings. The predicted molar refractivity (Wildman–Crippen MR) is 211 cm³/mol. The Labute approximate surface area is 288 Å². The number of nitrogens with zero attached hydrogens (tertiary/aromatic N) is 2. The second-order valence-electron chi connectivity index (χ2n) is 12.9. The number of benzene rings is 7. The first-order chi connectivity index (χ1) is 24.3.